The molecule has 23 heavy (non-hydrogen) atoms. The van der Waals surface area contributed by atoms with E-state index < -0.39 is 10.8 Å². The quantitative estimate of drug-likeness (QED) is 0.505. The van der Waals surface area contributed by atoms with E-state index >= 15 is 0 Å². The number of rotatable bonds is 3. The third-order valence-corrected chi connectivity index (χ3v) is 4.86. The molecule has 1 aliphatic heterocycles. The molecule has 1 heterocycles. The Bertz CT molecular complexity index is 955. The molecular weight excluding hydrogens is 314 g/mol. The van der Waals surface area contributed by atoms with Gasteiger partial charge in [-0.15, -0.1) is 0 Å². The molecule has 0 aliphatic carbocycles. The standard InChI is InChI=1S/C14H9N7OS/c15-13-12-10(19-21-17)6-9(18-20-16)7-11(12)23(22)14(13)8-4-2-1-3-5-8/h1-7H,15H2. The molecule has 1 unspecified atom stereocenters. The minimum absolute atomic E-state index is 0.184. The van der Waals surface area contributed by atoms with Crippen LogP contribution < -0.4 is 5.73 Å². The largest absolute Gasteiger partial charge is 0.397 e. The minimum Gasteiger partial charge on any atom is -0.397 e. The lowest BCUT2D eigenvalue weighted by Gasteiger charge is -2.05. The van der Waals surface area contributed by atoms with E-state index in [-0.39, 0.29) is 11.4 Å². The molecule has 9 heteroatoms. The van der Waals surface area contributed by atoms with Gasteiger partial charge in [-0.3, -0.25) is 0 Å². The Kier molecular flexibility index (Phi) is 3.74. The predicted molar refractivity (Wildman–Crippen MR) is 87.9 cm³/mol. The second kappa shape index (κ2) is 5.86. The monoisotopic (exact) mass is 323 g/mol. The first-order valence-corrected chi connectivity index (χ1v) is 7.58. The molecule has 1 atom stereocenters. The minimum atomic E-state index is -1.56. The summed E-state index contributed by atoms with van der Waals surface area (Å²) in [5, 5.41) is 7.07. The van der Waals surface area contributed by atoms with Crippen LogP contribution in [0.2, 0.25) is 0 Å². The van der Waals surface area contributed by atoms with Crippen molar-refractivity contribution >= 4 is 32.8 Å². The highest BCUT2D eigenvalue weighted by molar-refractivity contribution is 7.95. The van der Waals surface area contributed by atoms with Crippen molar-refractivity contribution in [1.29, 1.82) is 0 Å². The van der Waals surface area contributed by atoms with Gasteiger partial charge in [0.15, 0.2) is 0 Å². The van der Waals surface area contributed by atoms with Crippen molar-refractivity contribution in [1.82, 2.24) is 0 Å². The second-order valence-corrected chi connectivity index (χ2v) is 5.98. The lowest BCUT2D eigenvalue weighted by molar-refractivity contribution is 0.689. The van der Waals surface area contributed by atoms with Crippen molar-refractivity contribution in [2.45, 2.75) is 4.90 Å². The summed E-state index contributed by atoms with van der Waals surface area (Å²) in [4.78, 5) is 6.28. The van der Waals surface area contributed by atoms with Crippen LogP contribution in [0.3, 0.4) is 0 Å². The first-order valence-electron chi connectivity index (χ1n) is 6.43. The molecule has 0 saturated carbocycles. The number of nitrogens with zero attached hydrogens (tertiary/aromatic N) is 6. The number of nitrogens with two attached hydrogens (primary N) is 1. The van der Waals surface area contributed by atoms with Crippen LogP contribution in [0.5, 0.6) is 0 Å². The van der Waals surface area contributed by atoms with Crippen molar-refractivity contribution in [2.24, 2.45) is 16.0 Å². The highest BCUT2D eigenvalue weighted by atomic mass is 32.2. The van der Waals surface area contributed by atoms with Crippen LogP contribution in [0.4, 0.5) is 11.4 Å². The summed E-state index contributed by atoms with van der Waals surface area (Å²) in [6.45, 7) is 0. The molecule has 1 aliphatic rings. The number of hydrogen-bond acceptors (Lipinski definition) is 4. The van der Waals surface area contributed by atoms with Gasteiger partial charge < -0.3 is 5.73 Å². The predicted octanol–water partition coefficient (Wildman–Crippen LogP) is 4.48. The molecule has 0 radical (unpaired) electrons. The van der Waals surface area contributed by atoms with Gasteiger partial charge in [0.05, 0.1) is 26.3 Å². The van der Waals surface area contributed by atoms with Crippen molar-refractivity contribution in [3.8, 4) is 0 Å². The number of hydrogen-bond donors (Lipinski definition) is 1. The molecule has 0 bridgehead atoms. The molecule has 2 N–H and O–H groups in total. The summed E-state index contributed by atoms with van der Waals surface area (Å²) in [7, 11) is -1.56. The van der Waals surface area contributed by atoms with E-state index in [1.54, 1.807) is 12.1 Å². The fourth-order valence-electron chi connectivity index (χ4n) is 2.42. The van der Waals surface area contributed by atoms with Crippen molar-refractivity contribution in [3.63, 3.8) is 0 Å². The van der Waals surface area contributed by atoms with Crippen molar-refractivity contribution in [3.05, 3.63) is 74.5 Å². The normalized spacial score (nSPS) is 15.6. The van der Waals surface area contributed by atoms with E-state index in [4.69, 9.17) is 16.8 Å². The Hall–Kier alpha value is -3.25. The molecule has 0 aromatic heterocycles. The van der Waals surface area contributed by atoms with Gasteiger partial charge in [0, 0.05) is 26.8 Å². The smallest absolute Gasteiger partial charge is 0.0884 e. The summed E-state index contributed by atoms with van der Waals surface area (Å²) < 4.78 is 12.8. The van der Waals surface area contributed by atoms with E-state index in [1.165, 1.54) is 12.1 Å². The number of fused-ring (bicyclic) bond motifs is 1. The van der Waals surface area contributed by atoms with E-state index in [9.17, 15) is 4.21 Å². The summed E-state index contributed by atoms with van der Waals surface area (Å²) >= 11 is 0. The first kappa shape index (κ1) is 14.7. The van der Waals surface area contributed by atoms with Gasteiger partial charge in [0.1, 0.15) is 0 Å². The second-order valence-electron chi connectivity index (χ2n) is 4.59. The van der Waals surface area contributed by atoms with Crippen LogP contribution in [-0.4, -0.2) is 4.21 Å². The first-order chi connectivity index (χ1) is 11.2. The van der Waals surface area contributed by atoms with Gasteiger partial charge in [-0.25, -0.2) is 4.21 Å². The van der Waals surface area contributed by atoms with E-state index in [0.29, 0.717) is 21.1 Å². The molecule has 0 amide bonds. The zero-order valence-electron chi connectivity index (χ0n) is 11.6. The summed E-state index contributed by atoms with van der Waals surface area (Å²) in [6.07, 6.45) is 0. The van der Waals surface area contributed by atoms with E-state index in [0.717, 1.165) is 5.56 Å². The molecule has 0 spiro atoms. The average molecular weight is 323 g/mol. The molecule has 0 saturated heterocycles. The molecule has 3 rings (SSSR count). The van der Waals surface area contributed by atoms with Crippen molar-refractivity contribution in [2.75, 3.05) is 0 Å². The topological polar surface area (TPSA) is 141 Å². The highest BCUT2D eigenvalue weighted by Gasteiger charge is 2.30. The molecule has 2 aromatic carbocycles. The summed E-state index contributed by atoms with van der Waals surface area (Å²) in [5.41, 5.74) is 25.3. The summed E-state index contributed by atoms with van der Waals surface area (Å²) in [6, 6.07) is 12.0. The third kappa shape index (κ3) is 2.41. The molecule has 112 valence electrons. The average Bonchev–Trinajstić information content (AvgIpc) is 2.80. The summed E-state index contributed by atoms with van der Waals surface area (Å²) in [5.74, 6) is 0. The van der Waals surface area contributed by atoms with Crippen LogP contribution >= 0.6 is 0 Å². The lowest BCUT2D eigenvalue weighted by Crippen LogP contribution is -1.97. The Morgan fingerprint density at radius 3 is 2.39 bits per heavy atom. The maximum absolute atomic E-state index is 12.8. The highest BCUT2D eigenvalue weighted by Crippen LogP contribution is 2.45. The maximum atomic E-state index is 12.8. The fourth-order valence-corrected chi connectivity index (χ4v) is 3.91. The van der Waals surface area contributed by atoms with Crippen LogP contribution in [-0.2, 0) is 10.8 Å². The Morgan fingerprint density at radius 1 is 1.04 bits per heavy atom. The number of azide groups is 2. The van der Waals surface area contributed by atoms with Crippen LogP contribution in [0.15, 0.2) is 57.6 Å². The zero-order chi connectivity index (χ0) is 16.4. The van der Waals surface area contributed by atoms with Gasteiger partial charge in [-0.2, -0.15) is 0 Å². The molecular formula is C14H9N7OS. The Balaban J connectivity index is 2.30. The van der Waals surface area contributed by atoms with E-state index in [2.05, 4.69) is 20.1 Å². The Labute approximate surface area is 133 Å². The lowest BCUT2D eigenvalue weighted by atomic mass is 10.1. The van der Waals surface area contributed by atoms with Crippen LogP contribution in [0.25, 0.3) is 31.5 Å². The molecule has 8 nitrogen and oxygen atoms in total. The zero-order valence-corrected chi connectivity index (χ0v) is 12.4. The van der Waals surface area contributed by atoms with Crippen molar-refractivity contribution < 1.29 is 4.21 Å². The van der Waals surface area contributed by atoms with Gasteiger partial charge in [-0.05, 0) is 28.8 Å². The molecule has 2 aromatic rings. The van der Waals surface area contributed by atoms with Gasteiger partial charge in [0.25, 0.3) is 0 Å². The molecule has 0 fully saturated rings. The van der Waals surface area contributed by atoms with Crippen LogP contribution in [0.1, 0.15) is 11.1 Å². The van der Waals surface area contributed by atoms with Gasteiger partial charge in [-0.1, -0.05) is 40.6 Å². The third-order valence-electron chi connectivity index (χ3n) is 3.31. The maximum Gasteiger partial charge on any atom is 0.0884 e. The SMILES string of the molecule is [N-]=[N+]=Nc1cc(N=[N+]=[N-])c2c(c1)S(=O)C(c1ccccc1)=C2N. The Morgan fingerprint density at radius 2 is 1.74 bits per heavy atom. The fraction of sp³-hybridized carbons (Fsp3) is 0. The number of benzene rings is 2. The van der Waals surface area contributed by atoms with Gasteiger partial charge >= 0.3 is 0 Å². The van der Waals surface area contributed by atoms with E-state index in [1.807, 2.05) is 18.2 Å². The van der Waals surface area contributed by atoms with Crippen LogP contribution in [0, 0.1) is 0 Å². The van der Waals surface area contributed by atoms with Gasteiger partial charge in [0.2, 0.25) is 0 Å².